The molecule has 0 saturated heterocycles. The number of carbonyl (C=O) groups is 1. The number of halogens is 1. The second kappa shape index (κ2) is 11.0. The minimum absolute atomic E-state index is 0.232. The molecule has 0 spiro atoms. The SMILES string of the molecule is CCOP(=O)(CCCOc1ccc(C(=O)Nc2nc3c(s2)Cc2cc(Cl)ccc2-3)cc1)OCC. The number of rotatable bonds is 11. The van der Waals surface area contributed by atoms with Crippen LogP contribution in [0.15, 0.2) is 42.5 Å². The van der Waals surface area contributed by atoms with Gasteiger partial charge in [-0.1, -0.05) is 17.7 Å². The van der Waals surface area contributed by atoms with E-state index in [1.807, 2.05) is 18.2 Å². The smallest absolute Gasteiger partial charge is 0.330 e. The molecule has 1 aliphatic rings. The van der Waals surface area contributed by atoms with E-state index in [2.05, 4.69) is 10.3 Å². The number of hydrogen-bond acceptors (Lipinski definition) is 7. The van der Waals surface area contributed by atoms with E-state index in [4.69, 9.17) is 25.4 Å². The van der Waals surface area contributed by atoms with Gasteiger partial charge in [-0.05, 0) is 62.2 Å². The van der Waals surface area contributed by atoms with E-state index < -0.39 is 7.60 Å². The van der Waals surface area contributed by atoms with Gasteiger partial charge in [0.05, 0.1) is 31.7 Å². The van der Waals surface area contributed by atoms with Gasteiger partial charge >= 0.3 is 7.60 Å². The van der Waals surface area contributed by atoms with Crippen molar-refractivity contribution < 1.29 is 23.1 Å². The molecule has 3 aromatic rings. The Morgan fingerprint density at radius 1 is 1.15 bits per heavy atom. The summed E-state index contributed by atoms with van der Waals surface area (Å²) in [7, 11) is -3.06. The van der Waals surface area contributed by atoms with Gasteiger partial charge in [0.1, 0.15) is 5.75 Å². The molecule has 1 heterocycles. The van der Waals surface area contributed by atoms with E-state index >= 15 is 0 Å². The molecule has 180 valence electrons. The third kappa shape index (κ3) is 5.88. The number of hydrogen-bond donors (Lipinski definition) is 1. The Labute approximate surface area is 208 Å². The summed E-state index contributed by atoms with van der Waals surface area (Å²) >= 11 is 7.56. The zero-order valence-corrected chi connectivity index (χ0v) is 21.5. The molecular formula is C24H26ClN2O5PS. The van der Waals surface area contributed by atoms with Crippen molar-refractivity contribution in [2.45, 2.75) is 26.7 Å². The van der Waals surface area contributed by atoms with Crippen molar-refractivity contribution in [2.24, 2.45) is 0 Å². The molecule has 1 amide bonds. The maximum atomic E-state index is 12.7. The molecule has 1 aliphatic carbocycles. The van der Waals surface area contributed by atoms with Gasteiger partial charge in [-0.3, -0.25) is 14.7 Å². The highest BCUT2D eigenvalue weighted by atomic mass is 35.5. The van der Waals surface area contributed by atoms with Crippen LogP contribution in [-0.2, 0) is 20.0 Å². The second-order valence-electron chi connectivity index (χ2n) is 7.62. The molecule has 0 radical (unpaired) electrons. The van der Waals surface area contributed by atoms with Crippen molar-refractivity contribution in [3.05, 3.63) is 63.5 Å². The molecule has 4 rings (SSSR count). The first-order chi connectivity index (χ1) is 16.4. The third-order valence-electron chi connectivity index (χ3n) is 5.20. The van der Waals surface area contributed by atoms with Crippen LogP contribution in [0.3, 0.4) is 0 Å². The first kappa shape index (κ1) is 24.9. The molecule has 0 bridgehead atoms. The molecule has 0 aliphatic heterocycles. The minimum Gasteiger partial charge on any atom is -0.494 e. The number of ether oxygens (including phenoxy) is 1. The Hall–Kier alpha value is -2.22. The van der Waals surface area contributed by atoms with Gasteiger partial charge in [0.15, 0.2) is 5.13 Å². The van der Waals surface area contributed by atoms with Crippen LogP contribution < -0.4 is 10.1 Å². The van der Waals surface area contributed by atoms with Crippen molar-refractivity contribution in [2.75, 3.05) is 31.3 Å². The minimum atomic E-state index is -3.06. The molecule has 1 N–H and O–H groups in total. The summed E-state index contributed by atoms with van der Waals surface area (Å²) in [5.41, 5.74) is 3.64. The summed E-state index contributed by atoms with van der Waals surface area (Å²) in [6.07, 6.45) is 1.60. The highest BCUT2D eigenvalue weighted by Gasteiger charge is 2.24. The van der Waals surface area contributed by atoms with Gasteiger partial charge in [-0.25, -0.2) is 4.98 Å². The Morgan fingerprint density at radius 2 is 1.88 bits per heavy atom. The number of carbonyl (C=O) groups excluding carboxylic acids is 1. The van der Waals surface area contributed by atoms with Crippen LogP contribution in [0.25, 0.3) is 11.3 Å². The van der Waals surface area contributed by atoms with Crippen molar-refractivity contribution in [1.29, 1.82) is 0 Å². The highest BCUT2D eigenvalue weighted by molar-refractivity contribution is 7.53. The third-order valence-corrected chi connectivity index (χ3v) is 8.58. The number of aromatic nitrogens is 1. The molecule has 0 atom stereocenters. The molecular weight excluding hydrogens is 495 g/mol. The lowest BCUT2D eigenvalue weighted by Gasteiger charge is -2.16. The summed E-state index contributed by atoms with van der Waals surface area (Å²) in [6.45, 7) is 4.63. The predicted molar refractivity (Wildman–Crippen MR) is 136 cm³/mol. The van der Waals surface area contributed by atoms with Crippen molar-refractivity contribution in [3.63, 3.8) is 0 Å². The summed E-state index contributed by atoms with van der Waals surface area (Å²) < 4.78 is 28.7. The van der Waals surface area contributed by atoms with Crippen LogP contribution in [0.2, 0.25) is 5.02 Å². The number of anilines is 1. The van der Waals surface area contributed by atoms with Crippen LogP contribution in [0.5, 0.6) is 5.75 Å². The lowest BCUT2D eigenvalue weighted by Crippen LogP contribution is -2.11. The van der Waals surface area contributed by atoms with Crippen molar-refractivity contribution in [3.8, 4) is 17.0 Å². The first-order valence-electron chi connectivity index (χ1n) is 11.1. The summed E-state index contributed by atoms with van der Waals surface area (Å²) in [6, 6.07) is 12.7. The van der Waals surface area contributed by atoms with E-state index in [0.717, 1.165) is 28.1 Å². The lowest BCUT2D eigenvalue weighted by molar-refractivity contribution is 0.102. The number of amides is 1. The van der Waals surface area contributed by atoms with Crippen LogP contribution in [0, 0.1) is 0 Å². The van der Waals surface area contributed by atoms with Gasteiger partial charge in [-0.15, -0.1) is 11.3 Å². The Kier molecular flexibility index (Phi) is 8.06. The number of nitrogens with zero attached hydrogens (tertiary/aromatic N) is 1. The molecule has 10 heteroatoms. The normalized spacial score (nSPS) is 12.3. The van der Waals surface area contributed by atoms with Gasteiger partial charge in [-0.2, -0.15) is 0 Å². The molecule has 0 fully saturated rings. The quantitative estimate of drug-likeness (QED) is 0.176. The Bertz CT molecular complexity index is 1200. The zero-order chi connectivity index (χ0) is 24.1. The largest absolute Gasteiger partial charge is 0.494 e. The maximum Gasteiger partial charge on any atom is 0.330 e. The van der Waals surface area contributed by atoms with E-state index in [1.165, 1.54) is 11.3 Å². The lowest BCUT2D eigenvalue weighted by atomic mass is 10.1. The monoisotopic (exact) mass is 520 g/mol. The zero-order valence-electron chi connectivity index (χ0n) is 19.0. The fraction of sp³-hybridized carbons (Fsp3) is 0.333. The van der Waals surface area contributed by atoms with Gasteiger partial charge in [0.25, 0.3) is 5.91 Å². The van der Waals surface area contributed by atoms with Crippen LogP contribution >= 0.6 is 30.5 Å². The van der Waals surface area contributed by atoms with Crippen LogP contribution in [0.4, 0.5) is 5.13 Å². The molecule has 2 aromatic carbocycles. The number of benzene rings is 2. The Balaban J connectivity index is 1.29. The predicted octanol–water partition coefficient (Wildman–Crippen LogP) is 6.66. The highest BCUT2D eigenvalue weighted by Crippen LogP contribution is 2.48. The molecule has 0 saturated carbocycles. The Morgan fingerprint density at radius 3 is 2.59 bits per heavy atom. The van der Waals surface area contributed by atoms with E-state index in [0.29, 0.717) is 53.9 Å². The fourth-order valence-electron chi connectivity index (χ4n) is 3.73. The summed E-state index contributed by atoms with van der Waals surface area (Å²) in [4.78, 5) is 18.4. The van der Waals surface area contributed by atoms with Crippen LogP contribution in [0.1, 0.15) is 41.1 Å². The van der Waals surface area contributed by atoms with Gasteiger partial charge in [0, 0.05) is 27.4 Å². The molecule has 1 aromatic heterocycles. The fourth-order valence-corrected chi connectivity index (χ4v) is 6.55. The standard InChI is InChI=1S/C24H26ClN2O5PS/c1-3-31-33(29,32-4-2)13-5-12-30-19-9-6-16(7-10-19)23(28)27-24-26-22-20-11-8-18(25)14-17(20)15-21(22)34-24/h6-11,14H,3-5,12-13,15H2,1-2H3,(H,26,27,28). The number of nitrogens with one attached hydrogen (secondary N) is 1. The molecule has 7 nitrogen and oxygen atoms in total. The molecule has 0 unspecified atom stereocenters. The van der Waals surface area contributed by atoms with E-state index in [-0.39, 0.29) is 5.91 Å². The first-order valence-corrected chi connectivity index (χ1v) is 14.0. The topological polar surface area (TPSA) is 86.8 Å². The molecule has 34 heavy (non-hydrogen) atoms. The maximum absolute atomic E-state index is 12.7. The van der Waals surface area contributed by atoms with Gasteiger partial charge < -0.3 is 13.8 Å². The number of thiazole rings is 1. The number of fused-ring (bicyclic) bond motifs is 3. The van der Waals surface area contributed by atoms with E-state index in [1.54, 1.807) is 38.1 Å². The summed E-state index contributed by atoms with van der Waals surface area (Å²) in [5.74, 6) is 0.396. The van der Waals surface area contributed by atoms with Crippen molar-refractivity contribution in [1.82, 2.24) is 4.98 Å². The van der Waals surface area contributed by atoms with Crippen LogP contribution in [-0.4, -0.2) is 36.9 Å². The van der Waals surface area contributed by atoms with E-state index in [9.17, 15) is 9.36 Å². The summed E-state index contributed by atoms with van der Waals surface area (Å²) in [5, 5.41) is 4.17. The second-order valence-corrected chi connectivity index (χ2v) is 11.3. The van der Waals surface area contributed by atoms with Gasteiger partial charge in [0.2, 0.25) is 0 Å². The average molecular weight is 521 g/mol. The average Bonchev–Trinajstić information content (AvgIpc) is 3.34. The van der Waals surface area contributed by atoms with Crippen molar-refractivity contribution >= 4 is 41.6 Å².